The van der Waals surface area contributed by atoms with Crippen LogP contribution in [0.15, 0.2) is 24.3 Å². The van der Waals surface area contributed by atoms with E-state index in [0.29, 0.717) is 28.7 Å². The zero-order valence-electron chi connectivity index (χ0n) is 12.1. The Hall–Kier alpha value is -1.06. The van der Waals surface area contributed by atoms with Gasteiger partial charge in [-0.2, -0.15) is 0 Å². The van der Waals surface area contributed by atoms with Gasteiger partial charge >= 0.3 is 0 Å². The van der Waals surface area contributed by atoms with Crippen LogP contribution in [-0.4, -0.2) is 46.9 Å². The predicted octanol–water partition coefficient (Wildman–Crippen LogP) is 3.04. The number of amides is 1. The number of piperazine rings is 1. The third-order valence-corrected chi connectivity index (χ3v) is 4.78. The summed E-state index contributed by atoms with van der Waals surface area (Å²) in [6, 6.07) is 8.58. The number of hydrogen-bond acceptors (Lipinski definition) is 2. The number of hydrogen-bond donors (Lipinski definition) is 0. The highest BCUT2D eigenvalue weighted by atomic mass is 35.5. The molecule has 0 spiro atoms. The highest BCUT2D eigenvalue weighted by Gasteiger charge is 2.43. The van der Waals surface area contributed by atoms with E-state index in [4.69, 9.17) is 11.6 Å². The molecule has 108 valence electrons. The fourth-order valence-corrected chi connectivity index (χ4v) is 3.65. The van der Waals surface area contributed by atoms with Gasteiger partial charge in [0, 0.05) is 41.8 Å². The minimum absolute atomic E-state index is 0.142. The van der Waals surface area contributed by atoms with Crippen LogP contribution in [0.2, 0.25) is 5.02 Å². The number of fused-ring (bicyclic) bond motifs is 2. The van der Waals surface area contributed by atoms with E-state index in [1.165, 1.54) is 0 Å². The molecule has 2 atom stereocenters. The number of likely N-dealkylation sites (tertiary alicyclic amines) is 1. The smallest absolute Gasteiger partial charge is 0.254 e. The monoisotopic (exact) mass is 292 g/mol. The maximum atomic E-state index is 12.7. The van der Waals surface area contributed by atoms with Crippen LogP contribution in [0.4, 0.5) is 0 Å². The van der Waals surface area contributed by atoms with Gasteiger partial charge in [0.05, 0.1) is 0 Å². The molecule has 0 saturated carbocycles. The molecule has 0 aliphatic carbocycles. The van der Waals surface area contributed by atoms with Gasteiger partial charge in [-0.1, -0.05) is 17.7 Å². The van der Waals surface area contributed by atoms with Crippen LogP contribution >= 0.6 is 11.6 Å². The van der Waals surface area contributed by atoms with Crippen molar-refractivity contribution in [2.45, 2.75) is 44.8 Å². The topological polar surface area (TPSA) is 23.6 Å². The summed E-state index contributed by atoms with van der Waals surface area (Å²) in [5.41, 5.74) is 0.715. The van der Waals surface area contributed by atoms with Gasteiger partial charge in [0.25, 0.3) is 5.91 Å². The maximum Gasteiger partial charge on any atom is 0.254 e. The molecule has 0 aromatic heterocycles. The Morgan fingerprint density at radius 1 is 1.25 bits per heavy atom. The molecule has 1 aromatic carbocycles. The normalized spacial score (nSPS) is 26.3. The average molecular weight is 293 g/mol. The van der Waals surface area contributed by atoms with Crippen molar-refractivity contribution in [3.8, 4) is 0 Å². The molecule has 4 heteroatoms. The molecular weight excluding hydrogens is 272 g/mol. The van der Waals surface area contributed by atoms with Crippen LogP contribution in [0.5, 0.6) is 0 Å². The summed E-state index contributed by atoms with van der Waals surface area (Å²) in [6.07, 6.45) is 2.25. The van der Waals surface area contributed by atoms with Crippen LogP contribution in [0.3, 0.4) is 0 Å². The van der Waals surface area contributed by atoms with Gasteiger partial charge in [-0.05, 0) is 44.9 Å². The number of carbonyl (C=O) groups is 1. The molecular formula is C16H21ClN2O. The standard InChI is InChI=1S/C16H21ClN2O/c1-11(2)18-9-14-6-7-15(10-18)19(14)16(20)12-4-3-5-13(17)8-12/h3-5,8,11,14-15H,6-7,9-10H2,1-2H3. The van der Waals surface area contributed by atoms with Crippen molar-refractivity contribution in [2.75, 3.05) is 13.1 Å². The Morgan fingerprint density at radius 2 is 1.90 bits per heavy atom. The Balaban J connectivity index is 1.80. The van der Waals surface area contributed by atoms with Gasteiger partial charge in [0.15, 0.2) is 0 Å². The van der Waals surface area contributed by atoms with E-state index < -0.39 is 0 Å². The van der Waals surface area contributed by atoms with Crippen molar-refractivity contribution in [3.05, 3.63) is 34.9 Å². The quantitative estimate of drug-likeness (QED) is 0.836. The second-order valence-electron chi connectivity index (χ2n) is 6.16. The summed E-state index contributed by atoms with van der Waals surface area (Å²) in [4.78, 5) is 17.3. The molecule has 3 rings (SSSR count). The largest absolute Gasteiger partial charge is 0.330 e. The Kier molecular flexibility index (Phi) is 3.74. The minimum atomic E-state index is 0.142. The van der Waals surface area contributed by atoms with Gasteiger partial charge < -0.3 is 4.90 Å². The Morgan fingerprint density at radius 3 is 2.45 bits per heavy atom. The van der Waals surface area contributed by atoms with Crippen molar-refractivity contribution in [3.63, 3.8) is 0 Å². The first-order chi connectivity index (χ1) is 9.56. The van der Waals surface area contributed by atoms with E-state index in [1.807, 2.05) is 18.2 Å². The van der Waals surface area contributed by atoms with Crippen molar-refractivity contribution in [1.82, 2.24) is 9.80 Å². The molecule has 2 fully saturated rings. The first kappa shape index (κ1) is 13.9. The van der Waals surface area contributed by atoms with Crippen LogP contribution in [0.25, 0.3) is 0 Å². The van der Waals surface area contributed by atoms with Gasteiger partial charge in [-0.3, -0.25) is 9.69 Å². The minimum Gasteiger partial charge on any atom is -0.330 e. The van der Waals surface area contributed by atoms with E-state index in [2.05, 4.69) is 23.6 Å². The lowest BCUT2D eigenvalue weighted by Crippen LogP contribution is -2.57. The third kappa shape index (κ3) is 2.45. The first-order valence-corrected chi connectivity index (χ1v) is 7.76. The fourth-order valence-electron chi connectivity index (χ4n) is 3.46. The van der Waals surface area contributed by atoms with Crippen molar-refractivity contribution in [2.24, 2.45) is 0 Å². The van der Waals surface area contributed by atoms with E-state index in [0.717, 1.165) is 25.9 Å². The molecule has 3 nitrogen and oxygen atoms in total. The predicted molar refractivity (Wildman–Crippen MR) is 81.1 cm³/mol. The Bertz CT molecular complexity index is 503. The number of rotatable bonds is 2. The number of carbonyl (C=O) groups excluding carboxylic acids is 1. The maximum absolute atomic E-state index is 12.7. The van der Waals surface area contributed by atoms with E-state index in [-0.39, 0.29) is 5.91 Å². The summed E-state index contributed by atoms with van der Waals surface area (Å²) in [5, 5.41) is 0.629. The average Bonchev–Trinajstić information content (AvgIpc) is 2.67. The van der Waals surface area contributed by atoms with Crippen LogP contribution < -0.4 is 0 Å². The summed E-state index contributed by atoms with van der Waals surface area (Å²) in [5.74, 6) is 0.142. The number of halogens is 1. The lowest BCUT2D eigenvalue weighted by molar-refractivity contribution is 0.0349. The lowest BCUT2D eigenvalue weighted by Gasteiger charge is -2.42. The molecule has 2 bridgehead atoms. The SMILES string of the molecule is CC(C)N1CC2CCC(C1)N2C(=O)c1cccc(Cl)c1. The molecule has 2 aliphatic heterocycles. The second-order valence-corrected chi connectivity index (χ2v) is 6.59. The second kappa shape index (κ2) is 5.38. The zero-order chi connectivity index (χ0) is 14.3. The summed E-state index contributed by atoms with van der Waals surface area (Å²) >= 11 is 6.00. The highest BCUT2D eigenvalue weighted by molar-refractivity contribution is 6.30. The molecule has 2 heterocycles. The van der Waals surface area contributed by atoms with E-state index >= 15 is 0 Å². The summed E-state index contributed by atoms with van der Waals surface area (Å²) in [6.45, 7) is 6.46. The van der Waals surface area contributed by atoms with E-state index in [9.17, 15) is 4.79 Å². The number of nitrogens with zero attached hydrogens (tertiary/aromatic N) is 2. The summed E-state index contributed by atoms with van der Waals surface area (Å²) < 4.78 is 0. The van der Waals surface area contributed by atoms with Crippen LogP contribution in [0.1, 0.15) is 37.0 Å². The molecule has 1 amide bonds. The lowest BCUT2D eigenvalue weighted by atomic mass is 10.1. The van der Waals surface area contributed by atoms with Gasteiger partial charge in [0.2, 0.25) is 0 Å². The van der Waals surface area contributed by atoms with Gasteiger partial charge in [-0.25, -0.2) is 0 Å². The zero-order valence-corrected chi connectivity index (χ0v) is 12.8. The highest BCUT2D eigenvalue weighted by Crippen LogP contribution is 2.32. The molecule has 2 unspecified atom stereocenters. The van der Waals surface area contributed by atoms with Gasteiger partial charge in [-0.15, -0.1) is 0 Å². The van der Waals surface area contributed by atoms with Crippen LogP contribution in [-0.2, 0) is 0 Å². The molecule has 20 heavy (non-hydrogen) atoms. The third-order valence-electron chi connectivity index (χ3n) is 4.55. The van der Waals surface area contributed by atoms with Crippen molar-refractivity contribution < 1.29 is 4.79 Å². The van der Waals surface area contributed by atoms with Crippen LogP contribution in [0, 0.1) is 0 Å². The van der Waals surface area contributed by atoms with Crippen molar-refractivity contribution >= 4 is 17.5 Å². The molecule has 1 aromatic rings. The first-order valence-electron chi connectivity index (χ1n) is 7.38. The molecule has 0 N–H and O–H groups in total. The summed E-state index contributed by atoms with van der Waals surface area (Å²) in [7, 11) is 0. The molecule has 0 radical (unpaired) electrons. The van der Waals surface area contributed by atoms with Crippen molar-refractivity contribution in [1.29, 1.82) is 0 Å². The number of benzene rings is 1. The van der Waals surface area contributed by atoms with Gasteiger partial charge in [0.1, 0.15) is 0 Å². The Labute approximate surface area is 125 Å². The fraction of sp³-hybridized carbons (Fsp3) is 0.562. The molecule has 2 aliphatic rings. The molecule has 2 saturated heterocycles. The van der Waals surface area contributed by atoms with E-state index in [1.54, 1.807) is 6.07 Å².